The Morgan fingerprint density at radius 3 is 1.33 bits per heavy atom. The number of hydrogen-bond acceptors (Lipinski definition) is 9. The minimum absolute atomic E-state index is 0.0108. The maximum atomic E-state index is 10.4. The lowest BCUT2D eigenvalue weighted by atomic mass is 10.1. The van der Waals surface area contributed by atoms with Crippen molar-refractivity contribution in [3.05, 3.63) is 0 Å². The average Bonchev–Trinajstić information content (AvgIpc) is 2.71. The molecule has 0 aromatic rings. The maximum absolute atomic E-state index is 10.4. The van der Waals surface area contributed by atoms with Crippen molar-refractivity contribution in [1.29, 1.82) is 0 Å². The Kier molecular flexibility index (Phi) is 26.8. The molecule has 0 aliphatic rings. The number of unbranched alkanes of at least 4 members (excludes halogenated alkanes) is 9. The van der Waals surface area contributed by atoms with E-state index < -0.39 is 7.82 Å². The summed E-state index contributed by atoms with van der Waals surface area (Å²) in [6.07, 6.45) is 12.0. The molecule has 0 fully saturated rings. The second kappa shape index (κ2) is 25.1. The topological polar surface area (TPSA) is 158 Å². The van der Waals surface area contributed by atoms with Crippen molar-refractivity contribution < 1.29 is 48.7 Å². The van der Waals surface area contributed by atoms with Gasteiger partial charge in [-0.05, 0) is 6.42 Å². The molecule has 12 heteroatoms. The predicted molar refractivity (Wildman–Crippen MR) is 111 cm³/mol. The summed E-state index contributed by atoms with van der Waals surface area (Å²) in [5, 5.41) is 25.9. The van der Waals surface area contributed by atoms with E-state index in [0.717, 1.165) is 19.3 Å². The fraction of sp³-hybridized carbons (Fsp3) is 1.00. The van der Waals surface area contributed by atoms with Crippen LogP contribution in [0.15, 0.2) is 0 Å². The Hall–Kier alpha value is -0.170. The van der Waals surface area contributed by atoms with E-state index in [9.17, 15) is 4.57 Å². The molecule has 0 aliphatic heterocycles. The molecule has 0 amide bonds. The van der Waals surface area contributed by atoms with E-state index in [1.54, 1.807) is 0 Å². The molecule has 0 atom stereocenters. The number of nitrogens with zero attached hydrogens (tertiary/aromatic N) is 1. The highest BCUT2D eigenvalue weighted by Crippen LogP contribution is 2.35. The van der Waals surface area contributed by atoms with E-state index in [1.807, 2.05) is 0 Å². The average molecular weight is 464 g/mol. The van der Waals surface area contributed by atoms with E-state index in [2.05, 4.69) is 11.4 Å². The van der Waals surface area contributed by atoms with Gasteiger partial charge >= 0.3 is 7.82 Å². The van der Waals surface area contributed by atoms with E-state index in [4.69, 9.17) is 39.6 Å². The quantitative estimate of drug-likeness (QED) is 0.0963. The van der Waals surface area contributed by atoms with Gasteiger partial charge in [0, 0.05) is 0 Å². The van der Waals surface area contributed by atoms with Crippen LogP contribution in [0.5, 0.6) is 0 Å². The second-order valence-electron chi connectivity index (χ2n) is 6.40. The van der Waals surface area contributed by atoms with Gasteiger partial charge in [0.1, 0.15) is 0 Å². The summed E-state index contributed by atoms with van der Waals surface area (Å²) in [6.45, 7) is 1.88. The van der Waals surface area contributed by atoms with Gasteiger partial charge in [-0.2, -0.15) is 0 Å². The number of hydrogen-bond donors (Lipinski definition) is 5. The SMILES string of the molecule is CCCCCCCCCCCCOP(=O)(O)O.OCCON(OCCO)OCCO. The van der Waals surface area contributed by atoms with Gasteiger partial charge in [0.2, 0.25) is 0 Å². The summed E-state index contributed by atoms with van der Waals surface area (Å²) in [7, 11) is -4.24. The van der Waals surface area contributed by atoms with Crippen molar-refractivity contribution in [1.82, 2.24) is 5.39 Å². The van der Waals surface area contributed by atoms with Crippen molar-refractivity contribution >= 4 is 7.82 Å². The van der Waals surface area contributed by atoms with Crippen LogP contribution >= 0.6 is 7.82 Å². The van der Waals surface area contributed by atoms with Crippen LogP contribution in [0.4, 0.5) is 0 Å². The van der Waals surface area contributed by atoms with Crippen molar-refractivity contribution in [3.63, 3.8) is 0 Å². The monoisotopic (exact) mass is 463 g/mol. The molecule has 0 saturated carbocycles. The molecule has 0 aromatic heterocycles. The molecule has 0 rings (SSSR count). The summed E-state index contributed by atoms with van der Waals surface area (Å²) in [5.41, 5.74) is 0. The Morgan fingerprint density at radius 2 is 1.00 bits per heavy atom. The molecule has 184 valence electrons. The first-order chi connectivity index (χ1) is 14.4. The minimum atomic E-state index is -4.24. The van der Waals surface area contributed by atoms with Crippen LogP contribution in [-0.2, 0) is 23.6 Å². The number of phosphoric acid groups is 1. The van der Waals surface area contributed by atoms with E-state index in [1.165, 1.54) is 44.9 Å². The zero-order valence-corrected chi connectivity index (χ0v) is 19.1. The number of aliphatic hydroxyl groups excluding tert-OH is 3. The zero-order chi connectivity index (χ0) is 22.9. The highest BCUT2D eigenvalue weighted by atomic mass is 31.2. The fourth-order valence-corrected chi connectivity index (χ4v) is 2.60. The number of aliphatic hydroxyl groups is 3. The van der Waals surface area contributed by atoms with E-state index in [-0.39, 0.29) is 46.2 Å². The summed E-state index contributed by atoms with van der Waals surface area (Å²) in [4.78, 5) is 31.0. The van der Waals surface area contributed by atoms with E-state index in [0.29, 0.717) is 5.39 Å². The molecule has 0 aromatic carbocycles. The molecule has 0 heterocycles. The molecule has 0 aliphatic carbocycles. The smallest absolute Gasteiger partial charge is 0.394 e. The van der Waals surface area contributed by atoms with Crippen LogP contribution in [-0.4, -0.2) is 76.7 Å². The third-order valence-electron chi connectivity index (χ3n) is 3.62. The van der Waals surface area contributed by atoms with Gasteiger partial charge in [0.25, 0.3) is 0 Å². The highest BCUT2D eigenvalue weighted by Gasteiger charge is 2.12. The highest BCUT2D eigenvalue weighted by molar-refractivity contribution is 7.46. The summed E-state index contributed by atoms with van der Waals surface area (Å²) in [5.74, 6) is 0. The Morgan fingerprint density at radius 1 is 0.633 bits per heavy atom. The van der Waals surface area contributed by atoms with Crippen molar-refractivity contribution in [3.8, 4) is 0 Å². The van der Waals surface area contributed by atoms with Gasteiger partial charge in [-0.1, -0.05) is 64.7 Å². The number of phosphoric ester groups is 1. The molecule has 30 heavy (non-hydrogen) atoms. The largest absolute Gasteiger partial charge is 0.469 e. The molecular formula is C18H42NO10P. The molecule has 0 bridgehead atoms. The molecule has 5 N–H and O–H groups in total. The van der Waals surface area contributed by atoms with Crippen LogP contribution in [0, 0.1) is 0 Å². The van der Waals surface area contributed by atoms with Crippen molar-refractivity contribution in [2.75, 3.05) is 46.2 Å². The Balaban J connectivity index is 0. The van der Waals surface area contributed by atoms with Gasteiger partial charge in [-0.15, -0.1) is 0 Å². The lowest BCUT2D eigenvalue weighted by molar-refractivity contribution is -0.527. The molecular weight excluding hydrogens is 421 g/mol. The van der Waals surface area contributed by atoms with Crippen LogP contribution in [0.25, 0.3) is 0 Å². The first-order valence-electron chi connectivity index (χ1n) is 10.6. The van der Waals surface area contributed by atoms with Gasteiger partial charge in [0.15, 0.2) is 0 Å². The summed E-state index contributed by atoms with van der Waals surface area (Å²) in [6, 6.07) is 0. The predicted octanol–water partition coefficient (Wildman–Crippen LogP) is 2.08. The first kappa shape index (κ1) is 32.0. The zero-order valence-electron chi connectivity index (χ0n) is 18.2. The number of rotatable bonds is 21. The molecule has 0 saturated heterocycles. The summed E-state index contributed by atoms with van der Waals surface area (Å²) >= 11 is 0. The normalized spacial score (nSPS) is 11.6. The summed E-state index contributed by atoms with van der Waals surface area (Å²) < 4.78 is 14.7. The van der Waals surface area contributed by atoms with Crippen LogP contribution in [0.1, 0.15) is 71.1 Å². The van der Waals surface area contributed by atoms with Gasteiger partial charge in [-0.25, -0.2) is 19.1 Å². The third kappa shape index (κ3) is 30.0. The third-order valence-corrected chi connectivity index (χ3v) is 4.14. The van der Waals surface area contributed by atoms with E-state index >= 15 is 0 Å². The van der Waals surface area contributed by atoms with Gasteiger partial charge in [0.05, 0.1) is 51.6 Å². The molecule has 0 spiro atoms. The lowest BCUT2D eigenvalue weighted by Gasteiger charge is -2.17. The molecule has 0 radical (unpaired) electrons. The first-order valence-corrected chi connectivity index (χ1v) is 12.2. The van der Waals surface area contributed by atoms with Crippen molar-refractivity contribution in [2.45, 2.75) is 71.1 Å². The van der Waals surface area contributed by atoms with Gasteiger partial charge in [-0.3, -0.25) is 4.52 Å². The van der Waals surface area contributed by atoms with Crippen LogP contribution < -0.4 is 0 Å². The van der Waals surface area contributed by atoms with Crippen LogP contribution in [0.3, 0.4) is 0 Å². The van der Waals surface area contributed by atoms with Gasteiger partial charge < -0.3 is 25.1 Å². The minimum Gasteiger partial charge on any atom is -0.394 e. The van der Waals surface area contributed by atoms with Crippen molar-refractivity contribution in [2.24, 2.45) is 0 Å². The fourth-order valence-electron chi connectivity index (χ4n) is 2.23. The van der Waals surface area contributed by atoms with Crippen LogP contribution in [0.2, 0.25) is 0 Å². The second-order valence-corrected chi connectivity index (χ2v) is 7.64. The Labute approximate surface area is 180 Å². The standard InChI is InChI=1S/C12H27O4P.C6H15NO6/c1-2-3-4-5-6-7-8-9-10-11-12-16-17(13,14)15;8-1-4-11-7(12-5-2-9)13-6-3-10/h2-12H2,1H3,(H2,13,14,15);8-10H,1-6H2. The Bertz CT molecular complexity index is 354. The lowest BCUT2D eigenvalue weighted by Crippen LogP contribution is -2.28. The molecule has 0 unspecified atom stereocenters. The maximum Gasteiger partial charge on any atom is 0.469 e. The molecule has 11 nitrogen and oxygen atoms in total.